The summed E-state index contributed by atoms with van der Waals surface area (Å²) in [4.78, 5) is 0. The molecule has 3 aromatic carbocycles. The minimum Gasteiger partial charge on any atom is -0.381 e. The summed E-state index contributed by atoms with van der Waals surface area (Å²) < 4.78 is 0. The summed E-state index contributed by atoms with van der Waals surface area (Å²) in [6.07, 6.45) is 0. The summed E-state index contributed by atoms with van der Waals surface area (Å²) in [6, 6.07) is 28.5. The maximum absolute atomic E-state index is 8.92. The van der Waals surface area contributed by atoms with Gasteiger partial charge < -0.3 is 5.32 Å². The van der Waals surface area contributed by atoms with Gasteiger partial charge in [-0.05, 0) is 41.0 Å². The van der Waals surface area contributed by atoms with Crippen LogP contribution in [0.3, 0.4) is 0 Å². The largest absolute Gasteiger partial charge is 0.381 e. The van der Waals surface area contributed by atoms with Crippen LogP contribution in [-0.4, -0.2) is 0 Å². The van der Waals surface area contributed by atoms with E-state index in [-0.39, 0.29) is 0 Å². The van der Waals surface area contributed by atoms with Crippen LogP contribution in [0, 0.1) is 11.3 Å². The minimum absolute atomic E-state index is 0.693. The van der Waals surface area contributed by atoms with Gasteiger partial charge in [0.2, 0.25) is 0 Å². The van der Waals surface area contributed by atoms with E-state index in [1.807, 2.05) is 42.5 Å². The van der Waals surface area contributed by atoms with E-state index in [9.17, 15) is 0 Å². The van der Waals surface area contributed by atoms with Gasteiger partial charge in [-0.25, -0.2) is 0 Å². The topological polar surface area (TPSA) is 35.8 Å². The van der Waals surface area contributed by atoms with Gasteiger partial charge in [0, 0.05) is 12.2 Å². The molecule has 0 aliphatic heterocycles. The number of benzene rings is 3. The first-order valence-electron chi connectivity index (χ1n) is 7.23. The van der Waals surface area contributed by atoms with Gasteiger partial charge in [0.05, 0.1) is 11.6 Å². The lowest BCUT2D eigenvalue weighted by atomic mass is 10.1. The second kappa shape index (κ2) is 6.60. The van der Waals surface area contributed by atoms with Crippen molar-refractivity contribution >= 4 is 5.69 Å². The first-order valence-corrected chi connectivity index (χ1v) is 7.23. The molecule has 22 heavy (non-hydrogen) atoms. The molecule has 0 aliphatic carbocycles. The van der Waals surface area contributed by atoms with E-state index < -0.39 is 0 Å². The van der Waals surface area contributed by atoms with Crippen LogP contribution in [0.1, 0.15) is 11.1 Å². The highest BCUT2D eigenvalue weighted by Crippen LogP contribution is 2.21. The summed E-state index contributed by atoms with van der Waals surface area (Å²) in [5, 5.41) is 12.3. The third-order valence-corrected chi connectivity index (χ3v) is 3.54. The zero-order valence-corrected chi connectivity index (χ0v) is 12.2. The molecule has 2 nitrogen and oxygen atoms in total. The lowest BCUT2D eigenvalue weighted by Crippen LogP contribution is -1.99. The van der Waals surface area contributed by atoms with Crippen molar-refractivity contribution in [3.8, 4) is 17.2 Å². The molecule has 0 saturated carbocycles. The Bertz CT molecular complexity index is 784. The van der Waals surface area contributed by atoms with E-state index in [4.69, 9.17) is 5.26 Å². The number of hydrogen-bond acceptors (Lipinski definition) is 2. The first-order chi connectivity index (χ1) is 10.8. The average Bonchev–Trinajstić information content (AvgIpc) is 2.61. The monoisotopic (exact) mass is 284 g/mol. The highest BCUT2D eigenvalue weighted by atomic mass is 14.9. The smallest absolute Gasteiger partial charge is 0.0991 e. The van der Waals surface area contributed by atoms with Gasteiger partial charge in [0.15, 0.2) is 0 Å². The van der Waals surface area contributed by atoms with Crippen molar-refractivity contribution in [2.75, 3.05) is 5.32 Å². The Morgan fingerprint density at radius 2 is 1.50 bits per heavy atom. The second-order valence-corrected chi connectivity index (χ2v) is 5.11. The Hall–Kier alpha value is -3.05. The molecule has 3 aromatic rings. The predicted octanol–water partition coefficient (Wildman–Crippen LogP) is 4.84. The van der Waals surface area contributed by atoms with Crippen LogP contribution in [0.25, 0.3) is 11.1 Å². The fourth-order valence-corrected chi connectivity index (χ4v) is 2.37. The van der Waals surface area contributed by atoms with Crippen molar-refractivity contribution in [2.24, 2.45) is 0 Å². The van der Waals surface area contributed by atoms with Crippen molar-refractivity contribution in [3.63, 3.8) is 0 Å². The minimum atomic E-state index is 0.693. The van der Waals surface area contributed by atoms with Gasteiger partial charge in [-0.3, -0.25) is 0 Å². The van der Waals surface area contributed by atoms with Crippen molar-refractivity contribution in [1.82, 2.24) is 0 Å². The number of rotatable bonds is 4. The molecule has 0 fully saturated rings. The number of nitrogens with one attached hydrogen (secondary N) is 1. The van der Waals surface area contributed by atoms with E-state index in [0.29, 0.717) is 12.1 Å². The molecule has 3 rings (SSSR count). The standard InChI is InChI=1S/C20H16N2/c21-14-16-5-4-6-17(13-16)15-22-20-11-9-19(10-12-20)18-7-2-1-3-8-18/h1-13,22H,15H2. The second-order valence-electron chi connectivity index (χ2n) is 5.11. The summed E-state index contributed by atoms with van der Waals surface area (Å²) in [5.41, 5.74) is 5.29. The Morgan fingerprint density at radius 3 is 2.23 bits per heavy atom. The molecule has 2 heteroatoms. The van der Waals surface area contributed by atoms with Crippen LogP contribution >= 0.6 is 0 Å². The Kier molecular flexibility index (Phi) is 4.17. The Morgan fingerprint density at radius 1 is 0.773 bits per heavy atom. The normalized spacial score (nSPS) is 9.95. The third-order valence-electron chi connectivity index (χ3n) is 3.54. The van der Waals surface area contributed by atoms with Crippen LogP contribution in [0.2, 0.25) is 0 Å². The lowest BCUT2D eigenvalue weighted by molar-refractivity contribution is 1.15. The molecular formula is C20H16N2. The summed E-state index contributed by atoms with van der Waals surface area (Å²) in [5.74, 6) is 0. The predicted molar refractivity (Wildman–Crippen MR) is 90.4 cm³/mol. The van der Waals surface area contributed by atoms with E-state index in [1.54, 1.807) is 0 Å². The molecule has 0 atom stereocenters. The summed E-state index contributed by atoms with van der Waals surface area (Å²) in [7, 11) is 0. The quantitative estimate of drug-likeness (QED) is 0.744. The fourth-order valence-electron chi connectivity index (χ4n) is 2.37. The number of hydrogen-bond donors (Lipinski definition) is 1. The van der Waals surface area contributed by atoms with E-state index in [1.165, 1.54) is 11.1 Å². The maximum atomic E-state index is 8.92. The molecule has 0 amide bonds. The van der Waals surface area contributed by atoms with Crippen molar-refractivity contribution in [2.45, 2.75) is 6.54 Å². The Balaban J connectivity index is 1.68. The number of nitrogens with zero attached hydrogens (tertiary/aromatic N) is 1. The van der Waals surface area contributed by atoms with Gasteiger partial charge >= 0.3 is 0 Å². The molecule has 0 aliphatic rings. The SMILES string of the molecule is N#Cc1cccc(CNc2ccc(-c3ccccc3)cc2)c1. The van der Waals surface area contributed by atoms with Crippen LogP contribution < -0.4 is 5.32 Å². The molecule has 0 unspecified atom stereocenters. The lowest BCUT2D eigenvalue weighted by Gasteiger charge is -2.08. The van der Waals surface area contributed by atoms with E-state index in [0.717, 1.165) is 11.3 Å². The average molecular weight is 284 g/mol. The maximum Gasteiger partial charge on any atom is 0.0991 e. The van der Waals surface area contributed by atoms with Crippen LogP contribution in [0.15, 0.2) is 78.9 Å². The fraction of sp³-hybridized carbons (Fsp3) is 0.0500. The van der Waals surface area contributed by atoms with Gasteiger partial charge in [-0.2, -0.15) is 5.26 Å². The molecule has 0 bridgehead atoms. The molecule has 106 valence electrons. The first kappa shape index (κ1) is 13.9. The third kappa shape index (κ3) is 3.34. The van der Waals surface area contributed by atoms with Gasteiger partial charge in [0.25, 0.3) is 0 Å². The zero-order chi connectivity index (χ0) is 15.2. The molecule has 0 saturated heterocycles. The van der Waals surface area contributed by atoms with Crippen molar-refractivity contribution in [1.29, 1.82) is 5.26 Å². The van der Waals surface area contributed by atoms with Crippen molar-refractivity contribution < 1.29 is 0 Å². The molecule has 0 spiro atoms. The molecule has 0 radical (unpaired) electrons. The molecule has 0 heterocycles. The molecular weight excluding hydrogens is 268 g/mol. The highest BCUT2D eigenvalue weighted by Gasteiger charge is 1.99. The Labute approximate surface area is 130 Å². The van der Waals surface area contributed by atoms with Crippen LogP contribution in [0.5, 0.6) is 0 Å². The van der Waals surface area contributed by atoms with Crippen molar-refractivity contribution in [3.05, 3.63) is 90.0 Å². The summed E-state index contributed by atoms with van der Waals surface area (Å²) in [6.45, 7) is 0.709. The van der Waals surface area contributed by atoms with Crippen LogP contribution in [0.4, 0.5) is 5.69 Å². The zero-order valence-electron chi connectivity index (χ0n) is 12.2. The highest BCUT2D eigenvalue weighted by molar-refractivity contribution is 5.65. The number of nitriles is 1. The summed E-state index contributed by atoms with van der Waals surface area (Å²) >= 11 is 0. The molecule has 1 N–H and O–H groups in total. The molecule has 0 aromatic heterocycles. The number of anilines is 1. The van der Waals surface area contributed by atoms with Gasteiger partial charge in [0.1, 0.15) is 0 Å². The van der Waals surface area contributed by atoms with Gasteiger partial charge in [-0.1, -0.05) is 54.6 Å². The van der Waals surface area contributed by atoms with E-state index in [2.05, 4.69) is 47.8 Å². The van der Waals surface area contributed by atoms with Gasteiger partial charge in [-0.15, -0.1) is 0 Å². The van der Waals surface area contributed by atoms with E-state index >= 15 is 0 Å². The van der Waals surface area contributed by atoms with Crippen LogP contribution in [-0.2, 0) is 6.54 Å².